The molecule has 0 aliphatic carbocycles. The third kappa shape index (κ3) is 3.81. The van der Waals surface area contributed by atoms with Gasteiger partial charge >= 0.3 is 0 Å². The number of rotatable bonds is 6. The second-order valence-corrected chi connectivity index (χ2v) is 4.92. The highest BCUT2D eigenvalue weighted by atomic mass is 19.1. The second-order valence-electron chi connectivity index (χ2n) is 4.92. The Morgan fingerprint density at radius 1 is 1.15 bits per heavy atom. The Hall–Kier alpha value is -1.87. The van der Waals surface area contributed by atoms with E-state index >= 15 is 0 Å². The first-order chi connectivity index (χ1) is 9.70. The molecule has 0 saturated heterocycles. The van der Waals surface area contributed by atoms with Crippen molar-refractivity contribution in [3.05, 3.63) is 65.5 Å². The molecule has 106 valence electrons. The summed E-state index contributed by atoms with van der Waals surface area (Å²) in [7, 11) is 0. The van der Waals surface area contributed by atoms with Gasteiger partial charge < -0.3 is 10.4 Å². The molecule has 0 saturated carbocycles. The van der Waals surface area contributed by atoms with E-state index in [2.05, 4.69) is 24.4 Å². The Balaban J connectivity index is 2.03. The van der Waals surface area contributed by atoms with Crippen LogP contribution >= 0.6 is 0 Å². The molecule has 1 atom stereocenters. The third-order valence-electron chi connectivity index (χ3n) is 3.34. The summed E-state index contributed by atoms with van der Waals surface area (Å²) < 4.78 is 13.3. The highest BCUT2D eigenvalue weighted by Crippen LogP contribution is 2.20. The lowest BCUT2D eigenvalue weighted by Gasteiger charge is -2.18. The van der Waals surface area contributed by atoms with Gasteiger partial charge in [-0.1, -0.05) is 49.7 Å². The van der Waals surface area contributed by atoms with Crippen LogP contribution in [0.4, 0.5) is 4.39 Å². The van der Waals surface area contributed by atoms with Crippen molar-refractivity contribution < 1.29 is 9.50 Å². The maximum atomic E-state index is 13.3. The van der Waals surface area contributed by atoms with Gasteiger partial charge in [-0.05, 0) is 29.7 Å². The Morgan fingerprint density at radius 2 is 1.90 bits per heavy atom. The summed E-state index contributed by atoms with van der Waals surface area (Å²) in [6, 6.07) is 15.0. The highest BCUT2D eigenvalue weighted by molar-refractivity contribution is 5.28. The first-order valence-corrected chi connectivity index (χ1v) is 6.96. The van der Waals surface area contributed by atoms with E-state index in [-0.39, 0.29) is 11.8 Å². The average molecular weight is 273 g/mol. The summed E-state index contributed by atoms with van der Waals surface area (Å²) >= 11 is 0. The summed E-state index contributed by atoms with van der Waals surface area (Å²) in [5, 5.41) is 12.6. The van der Waals surface area contributed by atoms with Crippen LogP contribution in [0.15, 0.2) is 48.5 Å². The topological polar surface area (TPSA) is 32.3 Å². The predicted molar refractivity (Wildman–Crippen MR) is 79.0 cm³/mol. The number of phenolic OH excluding ortho intramolecular Hbond substituents is 1. The zero-order valence-electron chi connectivity index (χ0n) is 11.6. The van der Waals surface area contributed by atoms with Gasteiger partial charge in [0, 0.05) is 12.6 Å². The largest absolute Gasteiger partial charge is 0.505 e. The van der Waals surface area contributed by atoms with Crippen molar-refractivity contribution in [2.24, 2.45) is 0 Å². The molecule has 0 aromatic heterocycles. The SMILES string of the molecule is CCCC(NCc1ccc(O)c(F)c1)c1ccccc1. The lowest BCUT2D eigenvalue weighted by molar-refractivity contribution is 0.430. The number of hydrogen-bond acceptors (Lipinski definition) is 2. The van der Waals surface area contributed by atoms with E-state index in [4.69, 9.17) is 0 Å². The van der Waals surface area contributed by atoms with E-state index in [1.54, 1.807) is 6.07 Å². The van der Waals surface area contributed by atoms with Crippen molar-refractivity contribution in [2.45, 2.75) is 32.4 Å². The van der Waals surface area contributed by atoms with Crippen LogP contribution in [0, 0.1) is 5.82 Å². The lowest BCUT2D eigenvalue weighted by Crippen LogP contribution is -2.20. The maximum absolute atomic E-state index is 13.3. The van der Waals surface area contributed by atoms with Crippen LogP contribution in [-0.4, -0.2) is 5.11 Å². The molecule has 20 heavy (non-hydrogen) atoms. The Bertz CT molecular complexity index is 542. The second kappa shape index (κ2) is 7.06. The first-order valence-electron chi connectivity index (χ1n) is 6.96. The van der Waals surface area contributed by atoms with Crippen molar-refractivity contribution in [3.63, 3.8) is 0 Å². The van der Waals surface area contributed by atoms with Gasteiger partial charge in [0.15, 0.2) is 11.6 Å². The minimum absolute atomic E-state index is 0.262. The number of nitrogens with one attached hydrogen (secondary N) is 1. The molecule has 0 spiro atoms. The third-order valence-corrected chi connectivity index (χ3v) is 3.34. The minimum atomic E-state index is -0.573. The van der Waals surface area contributed by atoms with Crippen LogP contribution in [0.5, 0.6) is 5.75 Å². The van der Waals surface area contributed by atoms with Crippen LogP contribution in [0.1, 0.15) is 36.9 Å². The predicted octanol–water partition coefficient (Wildman–Crippen LogP) is 4.16. The number of phenols is 1. The molecular formula is C17H20FNO. The zero-order valence-corrected chi connectivity index (χ0v) is 11.6. The molecule has 0 aliphatic heterocycles. The number of benzene rings is 2. The average Bonchev–Trinajstić information content (AvgIpc) is 2.48. The Morgan fingerprint density at radius 3 is 2.55 bits per heavy atom. The van der Waals surface area contributed by atoms with Crippen LogP contribution in [0.2, 0.25) is 0 Å². The standard InChI is InChI=1S/C17H20FNO/c1-2-6-16(14-7-4-3-5-8-14)19-12-13-9-10-17(20)15(18)11-13/h3-5,7-11,16,19-20H,2,6,12H2,1H3. The van der Waals surface area contributed by atoms with Crippen molar-refractivity contribution in [1.29, 1.82) is 0 Å². The summed E-state index contributed by atoms with van der Waals surface area (Å²) in [4.78, 5) is 0. The van der Waals surface area contributed by atoms with Gasteiger partial charge in [0.05, 0.1) is 0 Å². The van der Waals surface area contributed by atoms with Gasteiger partial charge in [-0.25, -0.2) is 4.39 Å². The smallest absolute Gasteiger partial charge is 0.165 e. The number of halogens is 1. The van der Waals surface area contributed by atoms with Crippen molar-refractivity contribution in [1.82, 2.24) is 5.32 Å². The molecule has 0 heterocycles. The monoisotopic (exact) mass is 273 g/mol. The van der Waals surface area contributed by atoms with E-state index in [1.807, 2.05) is 18.2 Å². The van der Waals surface area contributed by atoms with E-state index < -0.39 is 5.82 Å². The van der Waals surface area contributed by atoms with Gasteiger partial charge in [-0.3, -0.25) is 0 Å². The van der Waals surface area contributed by atoms with Gasteiger partial charge in [0.1, 0.15) is 0 Å². The van der Waals surface area contributed by atoms with Crippen molar-refractivity contribution in [2.75, 3.05) is 0 Å². The van der Waals surface area contributed by atoms with Gasteiger partial charge in [-0.2, -0.15) is 0 Å². The molecule has 1 unspecified atom stereocenters. The van der Waals surface area contributed by atoms with Crippen LogP contribution in [-0.2, 0) is 6.54 Å². The van der Waals surface area contributed by atoms with Crippen molar-refractivity contribution in [3.8, 4) is 5.75 Å². The molecule has 0 radical (unpaired) electrons. The Kier molecular flexibility index (Phi) is 5.13. The summed E-state index contributed by atoms with van der Waals surface area (Å²) in [5.41, 5.74) is 2.07. The summed E-state index contributed by atoms with van der Waals surface area (Å²) in [6.07, 6.45) is 2.11. The molecule has 2 N–H and O–H groups in total. The molecule has 2 aromatic rings. The molecule has 0 fully saturated rings. The minimum Gasteiger partial charge on any atom is -0.505 e. The fraction of sp³-hybridized carbons (Fsp3) is 0.294. The fourth-order valence-corrected chi connectivity index (χ4v) is 2.26. The number of hydrogen-bond donors (Lipinski definition) is 2. The zero-order chi connectivity index (χ0) is 14.4. The molecule has 0 amide bonds. The van der Waals surface area contributed by atoms with Crippen LogP contribution < -0.4 is 5.32 Å². The molecule has 2 rings (SSSR count). The van der Waals surface area contributed by atoms with E-state index in [9.17, 15) is 9.50 Å². The summed E-state index contributed by atoms with van der Waals surface area (Å²) in [6.45, 7) is 2.73. The highest BCUT2D eigenvalue weighted by Gasteiger charge is 2.10. The molecule has 2 nitrogen and oxygen atoms in total. The normalized spacial score (nSPS) is 12.3. The molecule has 3 heteroatoms. The van der Waals surface area contributed by atoms with Crippen molar-refractivity contribution >= 4 is 0 Å². The quantitative estimate of drug-likeness (QED) is 0.828. The molecule has 2 aromatic carbocycles. The van der Waals surface area contributed by atoms with Crippen LogP contribution in [0.3, 0.4) is 0 Å². The van der Waals surface area contributed by atoms with Gasteiger partial charge in [0.25, 0.3) is 0 Å². The van der Waals surface area contributed by atoms with Crippen LogP contribution in [0.25, 0.3) is 0 Å². The van der Waals surface area contributed by atoms with E-state index in [0.717, 1.165) is 18.4 Å². The number of aromatic hydroxyl groups is 1. The Labute approximate surface area is 119 Å². The van der Waals surface area contributed by atoms with E-state index in [1.165, 1.54) is 17.7 Å². The molecular weight excluding hydrogens is 253 g/mol. The van der Waals surface area contributed by atoms with Gasteiger partial charge in [0.2, 0.25) is 0 Å². The molecule has 0 bridgehead atoms. The fourth-order valence-electron chi connectivity index (χ4n) is 2.26. The summed E-state index contributed by atoms with van der Waals surface area (Å²) in [5.74, 6) is -0.877. The van der Waals surface area contributed by atoms with Gasteiger partial charge in [-0.15, -0.1) is 0 Å². The van der Waals surface area contributed by atoms with E-state index in [0.29, 0.717) is 6.54 Å². The first kappa shape index (κ1) is 14.5. The lowest BCUT2D eigenvalue weighted by atomic mass is 10.0. The maximum Gasteiger partial charge on any atom is 0.165 e. The molecule has 0 aliphatic rings.